The van der Waals surface area contributed by atoms with Crippen LogP contribution in [0.3, 0.4) is 0 Å². The molecule has 2 aromatic rings. The van der Waals surface area contributed by atoms with Crippen molar-refractivity contribution in [2.75, 3.05) is 6.61 Å². The van der Waals surface area contributed by atoms with E-state index in [4.69, 9.17) is 4.74 Å². The number of ether oxygens (including phenoxy) is 1. The third-order valence-electron chi connectivity index (χ3n) is 3.82. The second kappa shape index (κ2) is 7.13. The summed E-state index contributed by atoms with van der Waals surface area (Å²) < 4.78 is 19.0. The van der Waals surface area contributed by atoms with Gasteiger partial charge in [-0.1, -0.05) is 30.3 Å². The van der Waals surface area contributed by atoms with Crippen molar-refractivity contribution in [3.63, 3.8) is 0 Å². The monoisotopic (exact) mass is 377 g/mol. The molecule has 1 N–H and O–H groups in total. The number of benzene rings is 2. The van der Waals surface area contributed by atoms with Crippen molar-refractivity contribution in [2.24, 2.45) is 5.92 Å². The first-order chi connectivity index (χ1) is 11.1. The molecule has 1 aliphatic rings. The lowest BCUT2D eigenvalue weighted by Crippen LogP contribution is -2.33. The predicted molar refractivity (Wildman–Crippen MR) is 89.6 cm³/mol. The highest BCUT2D eigenvalue weighted by atomic mass is 79.9. The zero-order valence-electron chi connectivity index (χ0n) is 12.5. The molecule has 1 aliphatic carbocycles. The fraction of sp³-hybridized carbons (Fsp3) is 0.278. The molecule has 1 saturated carbocycles. The van der Waals surface area contributed by atoms with Crippen LogP contribution >= 0.6 is 15.9 Å². The molecule has 0 aromatic heterocycles. The Balaban J connectivity index is 1.59. The van der Waals surface area contributed by atoms with Gasteiger partial charge in [-0.15, -0.1) is 0 Å². The number of hydrogen-bond acceptors (Lipinski definition) is 2. The van der Waals surface area contributed by atoms with Crippen LogP contribution in [0.5, 0.6) is 5.75 Å². The van der Waals surface area contributed by atoms with Crippen molar-refractivity contribution in [2.45, 2.75) is 18.9 Å². The SMILES string of the molecule is O=C(COc1ccc(F)cc1Br)NC(c1ccccc1)C1CC1. The largest absolute Gasteiger partial charge is 0.483 e. The normalized spacial score (nSPS) is 15.0. The Kier molecular flexibility index (Phi) is 4.96. The van der Waals surface area contributed by atoms with Crippen LogP contribution in [0.25, 0.3) is 0 Å². The second-order valence-corrected chi connectivity index (χ2v) is 6.51. The van der Waals surface area contributed by atoms with Crippen LogP contribution < -0.4 is 10.1 Å². The highest BCUT2D eigenvalue weighted by molar-refractivity contribution is 9.10. The van der Waals surface area contributed by atoms with E-state index < -0.39 is 0 Å². The van der Waals surface area contributed by atoms with Crippen molar-refractivity contribution >= 4 is 21.8 Å². The van der Waals surface area contributed by atoms with Gasteiger partial charge >= 0.3 is 0 Å². The summed E-state index contributed by atoms with van der Waals surface area (Å²) in [4.78, 5) is 12.2. The molecule has 0 bridgehead atoms. The summed E-state index contributed by atoms with van der Waals surface area (Å²) in [7, 11) is 0. The first-order valence-electron chi connectivity index (χ1n) is 7.55. The van der Waals surface area contributed by atoms with Crippen LogP contribution in [-0.4, -0.2) is 12.5 Å². The van der Waals surface area contributed by atoms with E-state index in [1.807, 2.05) is 30.3 Å². The minimum absolute atomic E-state index is 0.0314. The average Bonchev–Trinajstić information content (AvgIpc) is 3.37. The molecule has 120 valence electrons. The van der Waals surface area contributed by atoms with E-state index in [0.29, 0.717) is 16.1 Å². The summed E-state index contributed by atoms with van der Waals surface area (Å²) in [6.07, 6.45) is 2.26. The Morgan fingerprint density at radius 3 is 2.65 bits per heavy atom. The van der Waals surface area contributed by atoms with Gasteiger partial charge in [-0.25, -0.2) is 4.39 Å². The van der Waals surface area contributed by atoms with E-state index in [2.05, 4.69) is 21.2 Å². The minimum atomic E-state index is -0.355. The van der Waals surface area contributed by atoms with Crippen molar-refractivity contribution in [1.82, 2.24) is 5.32 Å². The lowest BCUT2D eigenvalue weighted by molar-refractivity contribution is -0.124. The lowest BCUT2D eigenvalue weighted by Gasteiger charge is -2.19. The molecule has 1 amide bonds. The second-order valence-electron chi connectivity index (χ2n) is 5.66. The summed E-state index contributed by atoms with van der Waals surface area (Å²) in [5, 5.41) is 3.04. The van der Waals surface area contributed by atoms with Gasteiger partial charge in [0.25, 0.3) is 5.91 Å². The van der Waals surface area contributed by atoms with Gasteiger partial charge in [-0.2, -0.15) is 0 Å². The summed E-state index contributed by atoms with van der Waals surface area (Å²) in [5.41, 5.74) is 1.12. The molecule has 0 saturated heterocycles. The number of carbonyl (C=O) groups is 1. The van der Waals surface area contributed by atoms with Crippen LogP contribution in [0.1, 0.15) is 24.4 Å². The molecule has 1 fully saturated rings. The number of hydrogen-bond donors (Lipinski definition) is 1. The minimum Gasteiger partial charge on any atom is -0.483 e. The molecule has 5 heteroatoms. The van der Waals surface area contributed by atoms with Crippen molar-refractivity contribution in [3.05, 3.63) is 64.4 Å². The molecule has 3 rings (SSSR count). The molecular formula is C18H17BrFNO2. The molecule has 0 heterocycles. The zero-order valence-corrected chi connectivity index (χ0v) is 14.1. The highest BCUT2D eigenvalue weighted by Crippen LogP contribution is 2.40. The molecular weight excluding hydrogens is 361 g/mol. The standard InChI is InChI=1S/C18H17BrFNO2/c19-15-10-14(20)8-9-16(15)23-11-17(22)21-18(13-6-7-13)12-4-2-1-3-5-12/h1-5,8-10,13,18H,6-7,11H2,(H,21,22). The summed E-state index contributed by atoms with van der Waals surface area (Å²) >= 11 is 3.22. The molecule has 2 aromatic carbocycles. The van der Waals surface area contributed by atoms with Crippen LogP contribution in [0, 0.1) is 11.7 Å². The number of halogens is 2. The first kappa shape index (κ1) is 16.0. The van der Waals surface area contributed by atoms with Crippen LogP contribution in [0.2, 0.25) is 0 Å². The molecule has 1 unspecified atom stereocenters. The van der Waals surface area contributed by atoms with Gasteiger partial charge in [0.05, 0.1) is 10.5 Å². The molecule has 23 heavy (non-hydrogen) atoms. The Bertz CT molecular complexity index is 689. The topological polar surface area (TPSA) is 38.3 Å². The Hall–Kier alpha value is -1.88. The van der Waals surface area contributed by atoms with Gasteiger partial charge in [0.2, 0.25) is 0 Å². The van der Waals surface area contributed by atoms with E-state index in [-0.39, 0.29) is 24.4 Å². The maximum Gasteiger partial charge on any atom is 0.258 e. The van der Waals surface area contributed by atoms with Gasteiger partial charge < -0.3 is 10.1 Å². The molecule has 0 aliphatic heterocycles. The van der Waals surface area contributed by atoms with Crippen molar-refractivity contribution in [3.8, 4) is 5.75 Å². The van der Waals surface area contributed by atoms with Gasteiger partial charge in [-0.3, -0.25) is 4.79 Å². The molecule has 0 spiro atoms. The highest BCUT2D eigenvalue weighted by Gasteiger charge is 2.33. The van der Waals surface area contributed by atoms with Crippen LogP contribution in [0.4, 0.5) is 4.39 Å². The summed E-state index contributed by atoms with van der Waals surface area (Å²) in [6.45, 7) is -0.0969. The Morgan fingerprint density at radius 2 is 2.00 bits per heavy atom. The molecule has 3 nitrogen and oxygen atoms in total. The van der Waals surface area contributed by atoms with E-state index in [1.165, 1.54) is 18.2 Å². The van der Waals surface area contributed by atoms with E-state index >= 15 is 0 Å². The van der Waals surface area contributed by atoms with Crippen molar-refractivity contribution < 1.29 is 13.9 Å². The Labute approximate surface area is 143 Å². The lowest BCUT2D eigenvalue weighted by atomic mass is 10.0. The average molecular weight is 378 g/mol. The summed E-state index contributed by atoms with van der Waals surface area (Å²) in [5.74, 6) is 0.414. The number of carbonyl (C=O) groups excluding carboxylic acids is 1. The van der Waals surface area contributed by atoms with E-state index in [1.54, 1.807) is 0 Å². The quantitative estimate of drug-likeness (QED) is 0.817. The summed E-state index contributed by atoms with van der Waals surface area (Å²) in [6, 6.07) is 14.1. The maximum atomic E-state index is 13.0. The molecule has 0 radical (unpaired) electrons. The molecule has 1 atom stereocenters. The number of amides is 1. The smallest absolute Gasteiger partial charge is 0.258 e. The van der Waals surface area contributed by atoms with Crippen LogP contribution in [0.15, 0.2) is 53.0 Å². The number of rotatable bonds is 6. The van der Waals surface area contributed by atoms with Gasteiger partial charge in [0.15, 0.2) is 6.61 Å². The van der Waals surface area contributed by atoms with Gasteiger partial charge in [-0.05, 0) is 58.5 Å². The predicted octanol–water partition coefficient (Wildman–Crippen LogP) is 4.23. The first-order valence-corrected chi connectivity index (χ1v) is 8.35. The van der Waals surface area contributed by atoms with E-state index in [9.17, 15) is 9.18 Å². The third-order valence-corrected chi connectivity index (χ3v) is 4.44. The third kappa shape index (κ3) is 4.32. The van der Waals surface area contributed by atoms with Gasteiger partial charge in [0, 0.05) is 0 Å². The zero-order chi connectivity index (χ0) is 16.2. The van der Waals surface area contributed by atoms with Crippen molar-refractivity contribution in [1.29, 1.82) is 0 Å². The number of nitrogens with one attached hydrogen (secondary N) is 1. The fourth-order valence-corrected chi connectivity index (χ4v) is 2.98. The van der Waals surface area contributed by atoms with Crippen LogP contribution in [-0.2, 0) is 4.79 Å². The van der Waals surface area contributed by atoms with E-state index in [0.717, 1.165) is 18.4 Å². The fourth-order valence-electron chi connectivity index (χ4n) is 2.51. The van der Waals surface area contributed by atoms with Gasteiger partial charge in [0.1, 0.15) is 11.6 Å². The Morgan fingerprint density at radius 1 is 1.26 bits per heavy atom. The maximum absolute atomic E-state index is 13.0.